The van der Waals surface area contributed by atoms with Crippen molar-refractivity contribution in [2.75, 3.05) is 36.3 Å². The smallest absolute Gasteiger partial charge is 0.319 e. The van der Waals surface area contributed by atoms with Crippen LogP contribution in [0.5, 0.6) is 11.5 Å². The van der Waals surface area contributed by atoms with Crippen LogP contribution in [0.25, 0.3) is 0 Å². The molecule has 0 aliphatic heterocycles. The Morgan fingerprint density at radius 3 is 2.25 bits per heavy atom. The van der Waals surface area contributed by atoms with Gasteiger partial charge in [-0.05, 0) is 85.6 Å². The molecule has 0 spiro atoms. The Morgan fingerprint density at radius 1 is 0.900 bits per heavy atom. The van der Waals surface area contributed by atoms with E-state index in [2.05, 4.69) is 27.6 Å². The number of aliphatic hydroxyl groups excluding tert-OH is 1. The van der Waals surface area contributed by atoms with E-state index < -0.39 is 16.1 Å². The molecule has 0 heterocycles. The topological polar surface area (TPSA) is 149 Å². The molecule has 0 saturated carbocycles. The van der Waals surface area contributed by atoms with Crippen LogP contribution in [0.3, 0.4) is 0 Å². The summed E-state index contributed by atoms with van der Waals surface area (Å²) in [6.45, 7) is 3.79. The second kappa shape index (κ2) is 15.7. The molecular formula is C29H38N4O6S. The van der Waals surface area contributed by atoms with E-state index in [0.717, 1.165) is 24.8 Å². The van der Waals surface area contributed by atoms with E-state index in [1.165, 1.54) is 24.3 Å². The number of carbonyl (C=O) groups is 1. The van der Waals surface area contributed by atoms with E-state index in [4.69, 9.17) is 4.74 Å². The van der Waals surface area contributed by atoms with Crippen LogP contribution in [0, 0.1) is 0 Å². The van der Waals surface area contributed by atoms with Crippen LogP contribution >= 0.6 is 0 Å². The third-order valence-corrected chi connectivity index (χ3v) is 7.34. The highest BCUT2D eigenvalue weighted by Gasteiger charge is 2.14. The highest BCUT2D eigenvalue weighted by molar-refractivity contribution is 7.92. The number of nitrogens with one attached hydrogen (secondary N) is 4. The summed E-state index contributed by atoms with van der Waals surface area (Å²) in [5, 5.41) is 28.0. The molecule has 0 aromatic heterocycles. The largest absolute Gasteiger partial charge is 0.508 e. The normalized spacial score (nSPS) is 11.9. The van der Waals surface area contributed by atoms with Crippen molar-refractivity contribution in [1.82, 2.24) is 10.6 Å². The van der Waals surface area contributed by atoms with Crippen molar-refractivity contribution in [3.8, 4) is 11.5 Å². The highest BCUT2D eigenvalue weighted by atomic mass is 32.2. The average molecular weight is 571 g/mol. The number of ether oxygens (including phenoxy) is 1. The maximum absolute atomic E-state index is 12.8. The lowest BCUT2D eigenvalue weighted by Crippen LogP contribution is -2.32. The number of carbonyl (C=O) groups excluding carboxylic acids is 1. The van der Waals surface area contributed by atoms with Crippen LogP contribution in [-0.4, -0.2) is 57.0 Å². The fourth-order valence-electron chi connectivity index (χ4n) is 3.72. The molecule has 0 fully saturated rings. The second-order valence-corrected chi connectivity index (χ2v) is 11.0. The van der Waals surface area contributed by atoms with Gasteiger partial charge in [0, 0.05) is 24.5 Å². The monoisotopic (exact) mass is 570 g/mol. The van der Waals surface area contributed by atoms with Gasteiger partial charge in [0.25, 0.3) is 10.0 Å². The van der Waals surface area contributed by atoms with Crippen molar-refractivity contribution in [3.63, 3.8) is 0 Å². The van der Waals surface area contributed by atoms with Gasteiger partial charge in [-0.2, -0.15) is 0 Å². The van der Waals surface area contributed by atoms with Gasteiger partial charge in [0.1, 0.15) is 24.2 Å². The number of unbranched alkanes of at least 4 members (excludes halogenated alkanes) is 2. The molecule has 0 saturated heterocycles. The van der Waals surface area contributed by atoms with Gasteiger partial charge in [0.15, 0.2) is 0 Å². The lowest BCUT2D eigenvalue weighted by Gasteiger charge is -2.13. The van der Waals surface area contributed by atoms with Crippen molar-refractivity contribution in [2.24, 2.45) is 0 Å². The molecule has 40 heavy (non-hydrogen) atoms. The van der Waals surface area contributed by atoms with E-state index in [-0.39, 0.29) is 23.3 Å². The number of rotatable bonds is 16. The molecule has 11 heteroatoms. The minimum absolute atomic E-state index is 0.0858. The van der Waals surface area contributed by atoms with Crippen LogP contribution in [0.15, 0.2) is 77.7 Å². The first kappa shape index (κ1) is 30.7. The summed E-state index contributed by atoms with van der Waals surface area (Å²) < 4.78 is 33.6. The molecule has 3 rings (SSSR count). The first-order chi connectivity index (χ1) is 19.2. The Bertz CT molecular complexity index is 1280. The van der Waals surface area contributed by atoms with E-state index in [0.29, 0.717) is 43.2 Å². The zero-order chi connectivity index (χ0) is 28.8. The lowest BCUT2D eigenvalue weighted by molar-refractivity contribution is 0.106. The molecule has 0 aliphatic carbocycles. The van der Waals surface area contributed by atoms with Gasteiger partial charge < -0.3 is 30.9 Å². The molecular weight excluding hydrogens is 532 g/mol. The average Bonchev–Trinajstić information content (AvgIpc) is 2.94. The minimum Gasteiger partial charge on any atom is -0.508 e. The standard InChI is InChI=1S/C29H38N4O6S/c1-2-3-4-18-31-29(36)32-23-9-15-28(16-10-23)40(37,38)33-24-7-5-22(6-8-24)17-19-30-20-26(35)21-39-27-13-11-25(34)12-14-27/h5-16,26,30,33-35H,2-4,17-21H2,1H3,(H2,31,32,36)/t26-/m0/s1. The molecule has 0 bridgehead atoms. The number of phenols is 1. The van der Waals surface area contributed by atoms with Gasteiger partial charge in [0.05, 0.1) is 4.90 Å². The van der Waals surface area contributed by atoms with E-state index in [1.807, 2.05) is 12.1 Å². The number of aliphatic hydroxyl groups is 1. The number of sulfonamides is 1. The number of hydrogen-bond acceptors (Lipinski definition) is 7. The Balaban J connectivity index is 1.38. The maximum atomic E-state index is 12.8. The predicted molar refractivity (Wildman–Crippen MR) is 156 cm³/mol. The molecule has 216 valence electrons. The maximum Gasteiger partial charge on any atom is 0.319 e. The number of anilines is 2. The molecule has 1 atom stereocenters. The van der Waals surface area contributed by atoms with Gasteiger partial charge in [-0.3, -0.25) is 4.72 Å². The van der Waals surface area contributed by atoms with Crippen molar-refractivity contribution in [1.29, 1.82) is 0 Å². The number of phenolic OH excluding ortho intramolecular Hbond substituents is 1. The Hall–Kier alpha value is -3.80. The predicted octanol–water partition coefficient (Wildman–Crippen LogP) is 4.08. The fourth-order valence-corrected chi connectivity index (χ4v) is 4.78. The SMILES string of the molecule is CCCCCNC(=O)Nc1ccc(S(=O)(=O)Nc2ccc(CCNC[C@H](O)COc3ccc(O)cc3)cc2)cc1. The lowest BCUT2D eigenvalue weighted by atomic mass is 10.1. The quantitative estimate of drug-likeness (QED) is 0.142. The van der Waals surface area contributed by atoms with Crippen LogP contribution in [0.2, 0.25) is 0 Å². The van der Waals surface area contributed by atoms with Crippen LogP contribution in [-0.2, 0) is 16.4 Å². The first-order valence-corrected chi connectivity index (χ1v) is 14.8. The van der Waals surface area contributed by atoms with Gasteiger partial charge in [0.2, 0.25) is 0 Å². The van der Waals surface area contributed by atoms with E-state index in [1.54, 1.807) is 36.4 Å². The van der Waals surface area contributed by atoms with Gasteiger partial charge in [-0.1, -0.05) is 31.9 Å². The first-order valence-electron chi connectivity index (χ1n) is 13.3. The third-order valence-electron chi connectivity index (χ3n) is 5.94. The molecule has 10 nitrogen and oxygen atoms in total. The zero-order valence-electron chi connectivity index (χ0n) is 22.6. The van der Waals surface area contributed by atoms with Crippen molar-refractivity contribution < 1.29 is 28.2 Å². The summed E-state index contributed by atoms with van der Waals surface area (Å²) in [6.07, 6.45) is 3.03. The van der Waals surface area contributed by atoms with Crippen molar-refractivity contribution >= 4 is 27.4 Å². The molecule has 0 aliphatic rings. The van der Waals surface area contributed by atoms with Gasteiger partial charge in [-0.15, -0.1) is 0 Å². The molecule has 6 N–H and O–H groups in total. The zero-order valence-corrected chi connectivity index (χ0v) is 23.4. The molecule has 3 aromatic rings. The van der Waals surface area contributed by atoms with Crippen LogP contribution < -0.4 is 25.4 Å². The van der Waals surface area contributed by atoms with Gasteiger partial charge >= 0.3 is 6.03 Å². The summed E-state index contributed by atoms with van der Waals surface area (Å²) in [4.78, 5) is 12.0. The number of urea groups is 1. The van der Waals surface area contributed by atoms with E-state index in [9.17, 15) is 23.4 Å². The molecule has 3 aromatic carbocycles. The molecule has 0 radical (unpaired) electrons. The summed E-state index contributed by atoms with van der Waals surface area (Å²) in [5.74, 6) is 0.721. The Labute approximate surface area is 235 Å². The Morgan fingerprint density at radius 2 is 1.57 bits per heavy atom. The number of hydrogen-bond donors (Lipinski definition) is 6. The van der Waals surface area contributed by atoms with E-state index >= 15 is 0 Å². The second-order valence-electron chi connectivity index (χ2n) is 9.33. The number of amides is 2. The Kier molecular flexibility index (Phi) is 12.1. The minimum atomic E-state index is -3.79. The molecule has 0 unspecified atom stereocenters. The molecule has 2 amide bonds. The van der Waals surface area contributed by atoms with Gasteiger partial charge in [-0.25, -0.2) is 13.2 Å². The van der Waals surface area contributed by atoms with Crippen LogP contribution in [0.4, 0.5) is 16.2 Å². The fraction of sp³-hybridized carbons (Fsp3) is 0.345. The van der Waals surface area contributed by atoms with Crippen molar-refractivity contribution in [2.45, 2.75) is 43.6 Å². The summed E-state index contributed by atoms with van der Waals surface area (Å²) >= 11 is 0. The summed E-state index contributed by atoms with van der Waals surface area (Å²) in [5.41, 5.74) is 1.95. The van der Waals surface area contributed by atoms with Crippen LogP contribution in [0.1, 0.15) is 31.7 Å². The summed E-state index contributed by atoms with van der Waals surface area (Å²) in [6, 6.07) is 19.0. The number of benzene rings is 3. The highest BCUT2D eigenvalue weighted by Crippen LogP contribution is 2.19. The van der Waals surface area contributed by atoms with Crippen molar-refractivity contribution in [3.05, 3.63) is 78.4 Å². The summed E-state index contributed by atoms with van der Waals surface area (Å²) in [7, 11) is -3.79. The number of aromatic hydroxyl groups is 1. The third kappa shape index (κ3) is 10.8.